The zero-order chi connectivity index (χ0) is 14.5. The van der Waals surface area contributed by atoms with Crippen LogP contribution in [0.4, 0.5) is 4.79 Å². The predicted molar refractivity (Wildman–Crippen MR) is 73.8 cm³/mol. The lowest BCUT2D eigenvalue weighted by molar-refractivity contribution is 0.0650. The van der Waals surface area contributed by atoms with Gasteiger partial charge < -0.3 is 20.8 Å². The van der Waals surface area contributed by atoms with Gasteiger partial charge >= 0.3 is 6.03 Å². The third-order valence-corrected chi connectivity index (χ3v) is 2.85. The number of hydrogen-bond acceptors (Lipinski definition) is 3. The molecule has 1 aromatic rings. The van der Waals surface area contributed by atoms with E-state index in [1.165, 1.54) is 0 Å². The minimum atomic E-state index is -0.591. The molecule has 0 saturated carbocycles. The molecular weight excluding hydrogens is 244 g/mol. The van der Waals surface area contributed by atoms with E-state index in [0.29, 0.717) is 6.54 Å². The van der Waals surface area contributed by atoms with Crippen LogP contribution in [0.3, 0.4) is 0 Å². The Bertz CT molecular complexity index is 410. The van der Waals surface area contributed by atoms with Crippen LogP contribution in [0, 0.1) is 5.41 Å². The Labute approximate surface area is 113 Å². The number of benzene rings is 1. The molecule has 0 aromatic heterocycles. The van der Waals surface area contributed by atoms with E-state index in [1.807, 2.05) is 20.8 Å². The minimum absolute atomic E-state index is 0.196. The molecule has 1 rings (SSSR count). The maximum atomic E-state index is 11.5. The second-order valence-electron chi connectivity index (χ2n) is 5.61. The lowest BCUT2D eigenvalue weighted by atomic mass is 9.89. The van der Waals surface area contributed by atoms with Crippen LogP contribution in [0.25, 0.3) is 0 Å². The molecule has 0 aliphatic carbocycles. The number of nitrogens with one attached hydrogen (secondary N) is 2. The van der Waals surface area contributed by atoms with Crippen molar-refractivity contribution in [3.05, 3.63) is 29.8 Å². The maximum absolute atomic E-state index is 11.5. The summed E-state index contributed by atoms with van der Waals surface area (Å²) in [7, 11) is 0. The van der Waals surface area contributed by atoms with Crippen molar-refractivity contribution in [1.82, 2.24) is 10.6 Å². The van der Waals surface area contributed by atoms with Gasteiger partial charge in [-0.1, -0.05) is 32.9 Å². The smallest absolute Gasteiger partial charge is 0.315 e. The van der Waals surface area contributed by atoms with Crippen molar-refractivity contribution in [1.29, 1.82) is 0 Å². The Morgan fingerprint density at radius 3 is 2.32 bits per heavy atom. The Hall–Kier alpha value is -1.75. The van der Waals surface area contributed by atoms with Crippen molar-refractivity contribution >= 4 is 6.03 Å². The first kappa shape index (κ1) is 15.3. The Balaban J connectivity index is 2.30. The molecule has 0 radical (unpaired) electrons. The van der Waals surface area contributed by atoms with Gasteiger partial charge in [-0.15, -0.1) is 0 Å². The minimum Gasteiger partial charge on any atom is -0.508 e. The van der Waals surface area contributed by atoms with Crippen LogP contribution in [0.15, 0.2) is 24.3 Å². The average molecular weight is 266 g/mol. The van der Waals surface area contributed by atoms with Crippen LogP contribution in [0.5, 0.6) is 5.75 Å². The van der Waals surface area contributed by atoms with Gasteiger partial charge in [0.1, 0.15) is 5.75 Å². The molecule has 2 amide bonds. The number of phenolic OH excluding ortho intramolecular Hbond substituents is 1. The number of rotatable bonds is 4. The summed E-state index contributed by atoms with van der Waals surface area (Å²) < 4.78 is 0. The summed E-state index contributed by atoms with van der Waals surface area (Å²) in [4.78, 5) is 11.5. The SMILES string of the molecule is CC(C)(C)C(O)CNC(=O)NCc1ccc(O)cc1. The molecule has 0 spiro atoms. The van der Waals surface area contributed by atoms with E-state index in [9.17, 15) is 9.90 Å². The zero-order valence-electron chi connectivity index (χ0n) is 11.6. The lowest BCUT2D eigenvalue weighted by Crippen LogP contribution is -2.43. The molecule has 1 atom stereocenters. The molecule has 5 heteroatoms. The average Bonchev–Trinajstić information content (AvgIpc) is 2.34. The van der Waals surface area contributed by atoms with Gasteiger partial charge in [-0.2, -0.15) is 0 Å². The molecule has 5 nitrogen and oxygen atoms in total. The van der Waals surface area contributed by atoms with E-state index in [1.54, 1.807) is 24.3 Å². The summed E-state index contributed by atoms with van der Waals surface area (Å²) >= 11 is 0. The van der Waals surface area contributed by atoms with Crippen LogP contribution in [-0.2, 0) is 6.54 Å². The molecule has 0 saturated heterocycles. The normalized spacial score (nSPS) is 12.8. The number of urea groups is 1. The van der Waals surface area contributed by atoms with E-state index in [4.69, 9.17) is 5.11 Å². The van der Waals surface area contributed by atoms with Gasteiger partial charge in [-0.25, -0.2) is 4.79 Å². The molecule has 1 aromatic carbocycles. The molecule has 0 aliphatic heterocycles. The van der Waals surface area contributed by atoms with Gasteiger partial charge in [0.15, 0.2) is 0 Å². The number of carbonyl (C=O) groups is 1. The van der Waals surface area contributed by atoms with Crippen molar-refractivity contribution in [3.63, 3.8) is 0 Å². The molecule has 0 fully saturated rings. The number of amides is 2. The second kappa shape index (κ2) is 6.43. The summed E-state index contributed by atoms with van der Waals surface area (Å²) in [5, 5.41) is 24.2. The van der Waals surface area contributed by atoms with Gasteiger partial charge in [0.2, 0.25) is 0 Å². The summed E-state index contributed by atoms with van der Waals surface area (Å²) in [5.74, 6) is 0.196. The third-order valence-electron chi connectivity index (χ3n) is 2.85. The number of phenols is 1. The van der Waals surface area contributed by atoms with Crippen molar-refractivity contribution in [2.24, 2.45) is 5.41 Å². The first-order valence-electron chi connectivity index (χ1n) is 6.26. The second-order valence-corrected chi connectivity index (χ2v) is 5.61. The van der Waals surface area contributed by atoms with Gasteiger partial charge in [-0.05, 0) is 23.1 Å². The van der Waals surface area contributed by atoms with E-state index in [0.717, 1.165) is 5.56 Å². The Morgan fingerprint density at radius 1 is 1.21 bits per heavy atom. The van der Waals surface area contributed by atoms with Crippen LogP contribution in [0.2, 0.25) is 0 Å². The first-order chi connectivity index (χ1) is 8.79. The molecule has 0 aliphatic rings. The highest BCUT2D eigenvalue weighted by molar-refractivity contribution is 5.73. The Kier molecular flexibility index (Phi) is 5.18. The molecule has 0 bridgehead atoms. The van der Waals surface area contributed by atoms with Crippen LogP contribution < -0.4 is 10.6 Å². The van der Waals surface area contributed by atoms with Gasteiger partial charge in [0.25, 0.3) is 0 Å². The van der Waals surface area contributed by atoms with E-state index in [2.05, 4.69) is 10.6 Å². The van der Waals surface area contributed by atoms with Crippen molar-refractivity contribution < 1.29 is 15.0 Å². The number of hydrogen-bond donors (Lipinski definition) is 4. The standard InChI is InChI=1S/C14H22N2O3/c1-14(2,3)12(18)9-16-13(19)15-8-10-4-6-11(17)7-5-10/h4-7,12,17-18H,8-9H2,1-3H3,(H2,15,16,19). The van der Waals surface area contributed by atoms with Crippen LogP contribution >= 0.6 is 0 Å². The van der Waals surface area contributed by atoms with Gasteiger partial charge in [0, 0.05) is 13.1 Å². The van der Waals surface area contributed by atoms with Crippen LogP contribution in [-0.4, -0.2) is 28.9 Å². The topological polar surface area (TPSA) is 81.6 Å². The largest absolute Gasteiger partial charge is 0.508 e. The highest BCUT2D eigenvalue weighted by atomic mass is 16.3. The Morgan fingerprint density at radius 2 is 1.79 bits per heavy atom. The fourth-order valence-electron chi connectivity index (χ4n) is 1.35. The van der Waals surface area contributed by atoms with E-state index >= 15 is 0 Å². The van der Waals surface area contributed by atoms with Gasteiger partial charge in [-0.3, -0.25) is 0 Å². The molecule has 106 valence electrons. The number of aliphatic hydroxyl groups excluding tert-OH is 1. The maximum Gasteiger partial charge on any atom is 0.315 e. The summed E-state index contributed by atoms with van der Waals surface area (Å²) in [5.41, 5.74) is 0.633. The molecule has 1 unspecified atom stereocenters. The van der Waals surface area contributed by atoms with Crippen molar-refractivity contribution in [3.8, 4) is 5.75 Å². The number of carbonyl (C=O) groups excluding carboxylic acids is 1. The van der Waals surface area contributed by atoms with Gasteiger partial charge in [0.05, 0.1) is 6.10 Å². The van der Waals surface area contributed by atoms with Crippen LogP contribution in [0.1, 0.15) is 26.3 Å². The molecular formula is C14H22N2O3. The summed E-state index contributed by atoms with van der Waals surface area (Å²) in [6.07, 6.45) is -0.591. The number of aromatic hydroxyl groups is 1. The third kappa shape index (κ3) is 5.61. The zero-order valence-corrected chi connectivity index (χ0v) is 11.6. The molecule has 4 N–H and O–H groups in total. The fourth-order valence-corrected chi connectivity index (χ4v) is 1.35. The predicted octanol–water partition coefficient (Wildman–Crippen LogP) is 1.60. The van der Waals surface area contributed by atoms with E-state index < -0.39 is 6.10 Å². The quantitative estimate of drug-likeness (QED) is 0.668. The highest BCUT2D eigenvalue weighted by Crippen LogP contribution is 2.18. The fraction of sp³-hybridized carbons (Fsp3) is 0.500. The highest BCUT2D eigenvalue weighted by Gasteiger charge is 2.22. The molecule has 19 heavy (non-hydrogen) atoms. The lowest BCUT2D eigenvalue weighted by Gasteiger charge is -2.25. The summed E-state index contributed by atoms with van der Waals surface area (Å²) in [6, 6.07) is 6.28. The van der Waals surface area contributed by atoms with Crippen molar-refractivity contribution in [2.45, 2.75) is 33.4 Å². The van der Waals surface area contributed by atoms with E-state index in [-0.39, 0.29) is 23.7 Å². The molecule has 0 heterocycles. The monoisotopic (exact) mass is 266 g/mol. The first-order valence-corrected chi connectivity index (χ1v) is 6.26. The number of aliphatic hydroxyl groups is 1. The van der Waals surface area contributed by atoms with Crippen molar-refractivity contribution in [2.75, 3.05) is 6.54 Å². The summed E-state index contributed by atoms with van der Waals surface area (Å²) in [6.45, 7) is 6.32.